The maximum atomic E-state index is 11.1. The fraction of sp³-hybridized carbons (Fsp3) is 0.111. The first-order valence-corrected chi connectivity index (χ1v) is 4.90. The zero-order valence-corrected chi connectivity index (χ0v) is 8.41. The summed E-state index contributed by atoms with van der Waals surface area (Å²) < 4.78 is 0.476. The Bertz CT molecular complexity index is 323. The lowest BCUT2D eigenvalue weighted by Crippen LogP contribution is -1.98. The molecule has 0 amide bonds. The summed E-state index contributed by atoms with van der Waals surface area (Å²) in [6, 6.07) is 8.66. The van der Waals surface area contributed by atoms with Crippen molar-refractivity contribution in [2.75, 3.05) is 4.43 Å². The molecule has 0 fully saturated rings. The minimum absolute atomic E-state index is 0.0973. The topological polar surface area (TPSA) is 40.9 Å². The maximum absolute atomic E-state index is 11.1. The van der Waals surface area contributed by atoms with Crippen LogP contribution in [0.4, 0.5) is 0 Å². The molecule has 0 saturated heterocycles. The van der Waals surface area contributed by atoms with E-state index in [0.29, 0.717) is 15.6 Å². The Kier molecular flexibility index (Phi) is 3.23. The molecule has 0 radical (unpaired) electrons. The van der Waals surface area contributed by atoms with E-state index < -0.39 is 0 Å². The van der Waals surface area contributed by atoms with E-state index >= 15 is 0 Å². The lowest BCUT2D eigenvalue weighted by atomic mass is 10.1. The number of benzene rings is 1. The number of hydrogen-bond acceptors (Lipinski definition) is 2. The van der Waals surface area contributed by atoms with Gasteiger partial charge < -0.3 is 0 Å². The number of ketones is 1. The van der Waals surface area contributed by atoms with Crippen LogP contribution in [-0.2, 0) is 0 Å². The van der Waals surface area contributed by atoms with Crippen molar-refractivity contribution in [3.63, 3.8) is 0 Å². The Morgan fingerprint density at radius 1 is 1.42 bits per heavy atom. The van der Waals surface area contributed by atoms with E-state index in [1.165, 1.54) is 0 Å². The first-order chi connectivity index (χ1) is 5.77. The van der Waals surface area contributed by atoms with Gasteiger partial charge in [0.05, 0.1) is 16.1 Å². The number of halogens is 1. The van der Waals surface area contributed by atoms with Crippen LogP contribution in [0.3, 0.4) is 0 Å². The summed E-state index contributed by atoms with van der Waals surface area (Å²) in [7, 11) is 0. The molecule has 0 spiro atoms. The lowest BCUT2D eigenvalue weighted by molar-refractivity contribution is 0.102. The van der Waals surface area contributed by atoms with Crippen LogP contribution in [0.1, 0.15) is 15.9 Å². The Morgan fingerprint density at radius 3 is 2.42 bits per heavy atom. The SMILES string of the molecule is N#Cc1ccc(C(=O)CI)cc1. The quantitative estimate of drug-likeness (QED) is 0.470. The van der Waals surface area contributed by atoms with Gasteiger partial charge in [0.2, 0.25) is 0 Å². The van der Waals surface area contributed by atoms with Gasteiger partial charge in [-0.1, -0.05) is 34.7 Å². The van der Waals surface area contributed by atoms with Crippen molar-refractivity contribution >= 4 is 28.4 Å². The van der Waals surface area contributed by atoms with E-state index in [0.717, 1.165) is 0 Å². The van der Waals surface area contributed by atoms with Gasteiger partial charge in [-0.05, 0) is 12.1 Å². The Labute approximate surface area is 84.3 Å². The smallest absolute Gasteiger partial charge is 0.172 e. The molecule has 1 aromatic carbocycles. The molecule has 3 heteroatoms. The summed E-state index contributed by atoms with van der Waals surface area (Å²) in [5.41, 5.74) is 1.25. The second-order valence-corrected chi connectivity index (χ2v) is 3.01. The van der Waals surface area contributed by atoms with E-state index in [1.807, 2.05) is 28.7 Å². The predicted octanol–water partition coefficient (Wildman–Crippen LogP) is 2.18. The number of nitriles is 1. The summed E-state index contributed by atoms with van der Waals surface area (Å²) in [6.07, 6.45) is 0. The average molecular weight is 271 g/mol. The highest BCUT2D eigenvalue weighted by Gasteiger charge is 2.01. The highest BCUT2D eigenvalue weighted by Crippen LogP contribution is 2.05. The molecule has 0 N–H and O–H groups in total. The van der Waals surface area contributed by atoms with Crippen LogP contribution in [0.15, 0.2) is 24.3 Å². The molecule has 0 aliphatic heterocycles. The highest BCUT2D eigenvalue weighted by molar-refractivity contribution is 14.1. The summed E-state index contributed by atoms with van der Waals surface area (Å²) in [4.78, 5) is 11.1. The zero-order chi connectivity index (χ0) is 8.97. The normalized spacial score (nSPS) is 9.00. The molecule has 60 valence electrons. The van der Waals surface area contributed by atoms with Crippen LogP contribution in [0.2, 0.25) is 0 Å². The number of alkyl halides is 1. The molecule has 1 aromatic rings. The van der Waals surface area contributed by atoms with Crippen molar-refractivity contribution in [2.24, 2.45) is 0 Å². The van der Waals surface area contributed by atoms with Crippen LogP contribution in [-0.4, -0.2) is 10.2 Å². The second-order valence-electron chi connectivity index (χ2n) is 2.25. The van der Waals surface area contributed by atoms with Gasteiger partial charge in [-0.3, -0.25) is 4.79 Å². The molecule has 0 aliphatic rings. The molecule has 0 aromatic heterocycles. The maximum Gasteiger partial charge on any atom is 0.172 e. The fourth-order valence-electron chi connectivity index (χ4n) is 0.808. The molecule has 1 rings (SSSR count). The van der Waals surface area contributed by atoms with Crippen LogP contribution in [0.5, 0.6) is 0 Å². The zero-order valence-electron chi connectivity index (χ0n) is 6.25. The van der Waals surface area contributed by atoms with Crippen LogP contribution in [0.25, 0.3) is 0 Å². The Balaban J connectivity index is 2.94. The minimum Gasteiger partial charge on any atom is -0.293 e. The van der Waals surface area contributed by atoms with E-state index in [9.17, 15) is 4.79 Å². The van der Waals surface area contributed by atoms with Gasteiger partial charge in [-0.2, -0.15) is 5.26 Å². The third-order valence-electron chi connectivity index (χ3n) is 1.46. The molecule has 0 atom stereocenters. The van der Waals surface area contributed by atoms with Crippen molar-refractivity contribution in [3.8, 4) is 6.07 Å². The Hall–Kier alpha value is -0.890. The van der Waals surface area contributed by atoms with Crippen LogP contribution in [0, 0.1) is 11.3 Å². The first kappa shape index (κ1) is 9.20. The van der Waals surface area contributed by atoms with Gasteiger partial charge >= 0.3 is 0 Å². The minimum atomic E-state index is 0.0973. The van der Waals surface area contributed by atoms with Gasteiger partial charge in [0.15, 0.2) is 5.78 Å². The largest absolute Gasteiger partial charge is 0.293 e. The summed E-state index contributed by atoms with van der Waals surface area (Å²) >= 11 is 2.02. The Morgan fingerprint density at radius 2 is 2.00 bits per heavy atom. The third kappa shape index (κ3) is 2.05. The molecule has 0 heterocycles. The number of carbonyl (C=O) groups excluding carboxylic acids is 1. The number of carbonyl (C=O) groups is 1. The molecular formula is C9H6INO. The van der Waals surface area contributed by atoms with Crippen molar-refractivity contribution < 1.29 is 4.79 Å². The number of hydrogen-bond donors (Lipinski definition) is 0. The van der Waals surface area contributed by atoms with E-state index in [2.05, 4.69) is 0 Å². The van der Waals surface area contributed by atoms with Gasteiger partial charge in [0, 0.05) is 5.56 Å². The second kappa shape index (κ2) is 4.21. The molecular weight excluding hydrogens is 265 g/mol. The van der Waals surface area contributed by atoms with Gasteiger partial charge in [-0.25, -0.2) is 0 Å². The summed E-state index contributed by atoms with van der Waals surface area (Å²) in [5.74, 6) is 0.0973. The number of rotatable bonds is 2. The monoisotopic (exact) mass is 271 g/mol. The molecule has 0 saturated carbocycles. The van der Waals surface area contributed by atoms with Crippen molar-refractivity contribution in [3.05, 3.63) is 35.4 Å². The molecule has 0 bridgehead atoms. The van der Waals surface area contributed by atoms with Crippen LogP contribution < -0.4 is 0 Å². The number of nitrogens with zero attached hydrogens (tertiary/aromatic N) is 1. The summed E-state index contributed by atoms with van der Waals surface area (Å²) in [6.45, 7) is 0. The molecule has 2 nitrogen and oxygen atoms in total. The third-order valence-corrected chi connectivity index (χ3v) is 2.15. The van der Waals surface area contributed by atoms with Crippen molar-refractivity contribution in [1.29, 1.82) is 5.26 Å². The highest BCUT2D eigenvalue weighted by atomic mass is 127. The number of Topliss-reactive ketones (excluding diaryl/α,β-unsaturated/α-hetero) is 1. The molecule has 0 unspecified atom stereocenters. The van der Waals surface area contributed by atoms with Crippen molar-refractivity contribution in [2.45, 2.75) is 0 Å². The fourth-order valence-corrected chi connectivity index (χ4v) is 1.25. The molecule has 12 heavy (non-hydrogen) atoms. The standard InChI is InChI=1S/C9H6INO/c10-5-9(12)8-3-1-7(6-11)2-4-8/h1-4H,5H2. The average Bonchev–Trinajstić information content (AvgIpc) is 2.17. The van der Waals surface area contributed by atoms with Gasteiger partial charge in [0.25, 0.3) is 0 Å². The van der Waals surface area contributed by atoms with Crippen LogP contribution >= 0.6 is 22.6 Å². The van der Waals surface area contributed by atoms with Gasteiger partial charge in [-0.15, -0.1) is 0 Å². The van der Waals surface area contributed by atoms with E-state index in [-0.39, 0.29) is 5.78 Å². The predicted molar refractivity (Wildman–Crippen MR) is 54.4 cm³/mol. The van der Waals surface area contributed by atoms with Gasteiger partial charge in [0.1, 0.15) is 0 Å². The van der Waals surface area contributed by atoms with E-state index in [4.69, 9.17) is 5.26 Å². The lowest BCUT2D eigenvalue weighted by Gasteiger charge is -1.95. The van der Waals surface area contributed by atoms with E-state index in [1.54, 1.807) is 24.3 Å². The first-order valence-electron chi connectivity index (χ1n) is 3.37. The molecule has 0 aliphatic carbocycles. The summed E-state index contributed by atoms with van der Waals surface area (Å²) in [5, 5.41) is 8.49. The van der Waals surface area contributed by atoms with Crippen molar-refractivity contribution in [1.82, 2.24) is 0 Å².